The second kappa shape index (κ2) is 9.81. The number of hydrogen-bond acceptors (Lipinski definition) is 4. The molecule has 0 bridgehead atoms. The van der Waals surface area contributed by atoms with Gasteiger partial charge in [0.05, 0.1) is 21.7 Å². The molecule has 5 nitrogen and oxygen atoms in total. The largest absolute Gasteiger partial charge is 0.359 e. The van der Waals surface area contributed by atoms with E-state index in [1.807, 2.05) is 37.3 Å². The van der Waals surface area contributed by atoms with E-state index < -0.39 is 11.8 Å². The average Bonchev–Trinajstić information content (AvgIpc) is 2.75. The predicted molar refractivity (Wildman–Crippen MR) is 129 cm³/mol. The number of amides is 2. The van der Waals surface area contributed by atoms with Crippen LogP contribution in [0.5, 0.6) is 0 Å². The maximum Gasteiger partial charge on any atom is 0.247 e. The van der Waals surface area contributed by atoms with Gasteiger partial charge in [0.2, 0.25) is 11.8 Å². The predicted octanol–water partition coefficient (Wildman–Crippen LogP) is 4.80. The van der Waals surface area contributed by atoms with Crippen LogP contribution in [0.25, 0.3) is 0 Å². The molecule has 3 N–H and O–H groups in total. The Morgan fingerprint density at radius 1 is 1.00 bits per heavy atom. The van der Waals surface area contributed by atoms with Crippen LogP contribution in [-0.2, 0) is 9.59 Å². The molecule has 0 heterocycles. The van der Waals surface area contributed by atoms with Gasteiger partial charge in [-0.05, 0) is 48.4 Å². The van der Waals surface area contributed by atoms with Crippen molar-refractivity contribution in [1.29, 1.82) is 0 Å². The van der Waals surface area contributed by atoms with Crippen LogP contribution in [-0.4, -0.2) is 25.9 Å². The van der Waals surface area contributed by atoms with E-state index in [0.717, 1.165) is 16.2 Å². The van der Waals surface area contributed by atoms with Crippen molar-refractivity contribution in [3.8, 4) is 0 Å². The Balaban J connectivity index is 2.22. The summed E-state index contributed by atoms with van der Waals surface area (Å²) in [6, 6.07) is 12.7. The summed E-state index contributed by atoms with van der Waals surface area (Å²) in [5.74, 6) is -1.77. The summed E-state index contributed by atoms with van der Waals surface area (Å²) in [5, 5.41) is 9.53. The van der Waals surface area contributed by atoms with E-state index in [0.29, 0.717) is 26.9 Å². The van der Waals surface area contributed by atoms with Crippen molar-refractivity contribution in [3.63, 3.8) is 0 Å². The summed E-state index contributed by atoms with van der Waals surface area (Å²) >= 11 is 16.9. The van der Waals surface area contributed by atoms with E-state index in [-0.39, 0.29) is 11.8 Å². The molecule has 2 aromatic carbocycles. The quantitative estimate of drug-likeness (QED) is 0.469. The molecule has 0 aromatic heterocycles. The van der Waals surface area contributed by atoms with Gasteiger partial charge >= 0.3 is 0 Å². The van der Waals surface area contributed by atoms with E-state index in [1.165, 1.54) is 0 Å². The van der Waals surface area contributed by atoms with Gasteiger partial charge in [-0.1, -0.05) is 41.4 Å². The van der Waals surface area contributed by atoms with Crippen molar-refractivity contribution in [2.45, 2.75) is 17.7 Å². The van der Waals surface area contributed by atoms with Gasteiger partial charge in [-0.25, -0.2) is 0 Å². The van der Waals surface area contributed by atoms with Gasteiger partial charge in [0.15, 0.2) is 0 Å². The molecular weight excluding hydrogens is 453 g/mol. The molecule has 2 atom stereocenters. The van der Waals surface area contributed by atoms with E-state index in [4.69, 9.17) is 23.2 Å². The summed E-state index contributed by atoms with van der Waals surface area (Å²) in [5.41, 5.74) is 3.37. The number of benzene rings is 2. The molecule has 0 aliphatic heterocycles. The SMILES string of the molecule is CNC(=O)C1=C(C)C=C(Nc2ccccc2S)C(C(=O)NC)C1c1ccc(Cl)c(Cl)c1. The summed E-state index contributed by atoms with van der Waals surface area (Å²) in [7, 11) is 3.14. The molecule has 1 aliphatic rings. The molecule has 162 valence electrons. The van der Waals surface area contributed by atoms with Crippen molar-refractivity contribution < 1.29 is 9.59 Å². The third-order valence-electron chi connectivity index (χ3n) is 5.26. The molecule has 0 saturated carbocycles. The first-order valence-electron chi connectivity index (χ1n) is 9.64. The number of rotatable bonds is 5. The zero-order valence-electron chi connectivity index (χ0n) is 17.3. The molecule has 1 aliphatic carbocycles. The highest BCUT2D eigenvalue weighted by Crippen LogP contribution is 2.44. The van der Waals surface area contributed by atoms with Gasteiger partial charge in [0.25, 0.3) is 0 Å². The highest BCUT2D eigenvalue weighted by atomic mass is 35.5. The molecule has 0 fully saturated rings. The Labute approximate surface area is 197 Å². The third kappa shape index (κ3) is 4.76. The second-order valence-corrected chi connectivity index (χ2v) is 8.46. The van der Waals surface area contributed by atoms with Crippen molar-refractivity contribution in [2.75, 3.05) is 19.4 Å². The zero-order chi connectivity index (χ0) is 22.7. The number of anilines is 1. The van der Waals surface area contributed by atoms with Gasteiger partial charge in [0.1, 0.15) is 0 Å². The topological polar surface area (TPSA) is 70.2 Å². The second-order valence-electron chi connectivity index (χ2n) is 7.16. The standard InChI is InChI=1S/C23H23Cl2N3O2S/c1-12-10-17(28-16-6-4-5-7-18(16)31)21(23(30)27-3)20(19(12)22(29)26-2)13-8-9-14(24)15(25)11-13/h4-11,20-21,28,31H,1-3H3,(H,26,29)(H,27,30). The number of allylic oxidation sites excluding steroid dienone is 2. The van der Waals surface area contributed by atoms with Crippen LogP contribution < -0.4 is 16.0 Å². The summed E-state index contributed by atoms with van der Waals surface area (Å²) in [6.07, 6.45) is 1.83. The lowest BCUT2D eigenvalue weighted by molar-refractivity contribution is -0.124. The maximum atomic E-state index is 13.1. The van der Waals surface area contributed by atoms with Crippen LogP contribution >= 0.6 is 35.8 Å². The number of carbonyl (C=O) groups excluding carboxylic acids is 2. The van der Waals surface area contributed by atoms with Crippen LogP contribution in [0, 0.1) is 5.92 Å². The van der Waals surface area contributed by atoms with Crippen LogP contribution in [0.3, 0.4) is 0 Å². The fourth-order valence-corrected chi connectivity index (χ4v) is 4.33. The minimum Gasteiger partial charge on any atom is -0.359 e. The molecule has 2 aromatic rings. The van der Waals surface area contributed by atoms with Gasteiger partial charge in [0, 0.05) is 36.2 Å². The number of nitrogens with one attached hydrogen (secondary N) is 3. The molecular formula is C23H23Cl2N3O2S. The number of carbonyl (C=O) groups is 2. The van der Waals surface area contributed by atoms with Crippen LogP contribution in [0.1, 0.15) is 18.4 Å². The first-order valence-corrected chi connectivity index (χ1v) is 10.8. The van der Waals surface area contributed by atoms with Crippen molar-refractivity contribution in [1.82, 2.24) is 10.6 Å². The van der Waals surface area contributed by atoms with Crippen molar-refractivity contribution >= 4 is 53.3 Å². The molecule has 0 radical (unpaired) electrons. The number of hydrogen-bond donors (Lipinski definition) is 4. The Kier molecular flexibility index (Phi) is 7.36. The highest BCUT2D eigenvalue weighted by Gasteiger charge is 2.41. The van der Waals surface area contributed by atoms with Gasteiger partial charge in [-0.3, -0.25) is 9.59 Å². The molecule has 0 saturated heterocycles. The van der Waals surface area contributed by atoms with Crippen LogP contribution in [0.2, 0.25) is 10.0 Å². The Morgan fingerprint density at radius 3 is 2.32 bits per heavy atom. The molecule has 31 heavy (non-hydrogen) atoms. The fourth-order valence-electron chi connectivity index (χ4n) is 3.81. The lowest BCUT2D eigenvalue weighted by Crippen LogP contribution is -2.40. The zero-order valence-corrected chi connectivity index (χ0v) is 19.7. The van der Waals surface area contributed by atoms with Crippen molar-refractivity contribution in [3.05, 3.63) is 81.0 Å². The molecule has 0 spiro atoms. The Bertz CT molecular complexity index is 1100. The summed E-state index contributed by atoms with van der Waals surface area (Å²) in [6.45, 7) is 1.85. The summed E-state index contributed by atoms with van der Waals surface area (Å²) < 4.78 is 0. The number of halogens is 2. The van der Waals surface area contributed by atoms with Crippen LogP contribution in [0.15, 0.2) is 70.3 Å². The Hall–Kier alpha value is -2.41. The maximum absolute atomic E-state index is 13.1. The molecule has 3 rings (SSSR count). The first-order chi connectivity index (χ1) is 14.8. The monoisotopic (exact) mass is 475 g/mol. The number of thiol groups is 1. The summed E-state index contributed by atoms with van der Waals surface area (Å²) in [4.78, 5) is 26.7. The third-order valence-corrected chi connectivity index (χ3v) is 6.39. The van der Waals surface area contributed by atoms with Crippen LogP contribution in [0.4, 0.5) is 5.69 Å². The average molecular weight is 476 g/mol. The van der Waals surface area contributed by atoms with Gasteiger partial charge in [-0.15, -0.1) is 12.6 Å². The molecule has 2 unspecified atom stereocenters. The normalized spacial score (nSPS) is 18.3. The smallest absolute Gasteiger partial charge is 0.247 e. The molecule has 8 heteroatoms. The minimum absolute atomic E-state index is 0.236. The lowest BCUT2D eigenvalue weighted by Gasteiger charge is -2.35. The van der Waals surface area contributed by atoms with E-state index in [1.54, 1.807) is 32.3 Å². The fraction of sp³-hybridized carbons (Fsp3) is 0.217. The molecule has 2 amide bonds. The Morgan fingerprint density at radius 2 is 1.71 bits per heavy atom. The van der Waals surface area contributed by atoms with Gasteiger partial charge in [-0.2, -0.15) is 0 Å². The van der Waals surface area contributed by atoms with E-state index >= 15 is 0 Å². The van der Waals surface area contributed by atoms with E-state index in [9.17, 15) is 9.59 Å². The van der Waals surface area contributed by atoms with E-state index in [2.05, 4.69) is 28.6 Å². The van der Waals surface area contributed by atoms with Crippen molar-refractivity contribution in [2.24, 2.45) is 5.92 Å². The highest BCUT2D eigenvalue weighted by molar-refractivity contribution is 7.80. The number of likely N-dealkylation sites (N-methyl/N-ethyl adjacent to an activating group) is 1. The first kappa shape index (κ1) is 23.3. The number of para-hydroxylation sites is 1. The lowest BCUT2D eigenvalue weighted by atomic mass is 9.72. The minimum atomic E-state index is -0.703. The van der Waals surface area contributed by atoms with Gasteiger partial charge < -0.3 is 16.0 Å².